The van der Waals surface area contributed by atoms with Crippen LogP contribution in [0.1, 0.15) is 38.5 Å². The van der Waals surface area contributed by atoms with Gasteiger partial charge in [0.1, 0.15) is 0 Å². The van der Waals surface area contributed by atoms with Gasteiger partial charge < -0.3 is 15.8 Å². The van der Waals surface area contributed by atoms with Crippen molar-refractivity contribution in [3.63, 3.8) is 0 Å². The Kier molecular flexibility index (Phi) is 9.20. The fraction of sp³-hybridized carbons (Fsp3) is 0.818. The summed E-state index contributed by atoms with van der Waals surface area (Å²) in [7, 11) is 1.37. The van der Waals surface area contributed by atoms with Gasteiger partial charge in [-0.15, -0.1) is 24.0 Å². The fourth-order valence-corrected chi connectivity index (χ4v) is 1.87. The van der Waals surface area contributed by atoms with Crippen molar-refractivity contribution in [3.8, 4) is 0 Å². The highest BCUT2D eigenvalue weighted by Gasteiger charge is 2.13. The van der Waals surface area contributed by atoms with Crippen molar-refractivity contribution >= 4 is 35.9 Å². The van der Waals surface area contributed by atoms with Crippen LogP contribution in [0.15, 0.2) is 4.99 Å². The Balaban J connectivity index is 0.00000256. The summed E-state index contributed by atoms with van der Waals surface area (Å²) in [5, 5.41) is 3.19. The van der Waals surface area contributed by atoms with Crippen LogP contribution in [0, 0.1) is 0 Å². The predicted molar refractivity (Wildman–Crippen MR) is 78.5 cm³/mol. The number of halogens is 1. The molecule has 1 saturated carbocycles. The van der Waals surface area contributed by atoms with E-state index in [0.29, 0.717) is 18.5 Å². The second kappa shape index (κ2) is 9.49. The summed E-state index contributed by atoms with van der Waals surface area (Å²) in [4.78, 5) is 14.9. The van der Waals surface area contributed by atoms with Crippen LogP contribution in [-0.4, -0.2) is 31.6 Å². The Labute approximate surface area is 120 Å². The molecule has 0 heterocycles. The molecule has 100 valence electrons. The molecule has 0 atom stereocenters. The van der Waals surface area contributed by atoms with Crippen LogP contribution >= 0.6 is 24.0 Å². The second-order valence-corrected chi connectivity index (χ2v) is 4.07. The first kappa shape index (κ1) is 16.5. The number of aliphatic imine (C=N–C) groups is 1. The number of hydrogen-bond acceptors (Lipinski definition) is 3. The van der Waals surface area contributed by atoms with Gasteiger partial charge in [-0.1, -0.05) is 19.3 Å². The number of ether oxygens (including phenoxy) is 1. The van der Waals surface area contributed by atoms with E-state index in [1.807, 2.05) is 0 Å². The number of carbonyl (C=O) groups excluding carboxylic acids is 1. The maximum absolute atomic E-state index is 10.8. The lowest BCUT2D eigenvalue weighted by Crippen LogP contribution is -2.41. The number of rotatable bonds is 4. The van der Waals surface area contributed by atoms with Crippen molar-refractivity contribution in [1.29, 1.82) is 0 Å². The first-order valence-electron chi connectivity index (χ1n) is 5.85. The van der Waals surface area contributed by atoms with Crippen molar-refractivity contribution in [1.82, 2.24) is 5.32 Å². The molecule has 0 spiro atoms. The van der Waals surface area contributed by atoms with Gasteiger partial charge in [-0.2, -0.15) is 0 Å². The third-order valence-electron chi connectivity index (χ3n) is 2.78. The van der Waals surface area contributed by atoms with Gasteiger partial charge in [0.25, 0.3) is 0 Å². The zero-order valence-corrected chi connectivity index (χ0v) is 12.6. The molecule has 0 aromatic carbocycles. The molecule has 6 heteroatoms. The molecule has 3 N–H and O–H groups in total. The monoisotopic (exact) mass is 355 g/mol. The molecule has 0 aromatic heterocycles. The molecule has 5 nitrogen and oxygen atoms in total. The van der Waals surface area contributed by atoms with Gasteiger partial charge in [-0.25, -0.2) is 0 Å². The molecule has 1 aliphatic rings. The van der Waals surface area contributed by atoms with Crippen LogP contribution < -0.4 is 11.1 Å². The minimum absolute atomic E-state index is 0. The Morgan fingerprint density at radius 3 is 2.65 bits per heavy atom. The summed E-state index contributed by atoms with van der Waals surface area (Å²) in [6, 6.07) is 0.454. The molecule has 0 amide bonds. The van der Waals surface area contributed by atoms with E-state index in [4.69, 9.17) is 5.73 Å². The summed E-state index contributed by atoms with van der Waals surface area (Å²) in [5.41, 5.74) is 5.72. The Hall–Kier alpha value is -0.530. The molecular formula is C11H22IN3O2. The van der Waals surface area contributed by atoms with E-state index in [2.05, 4.69) is 15.0 Å². The summed E-state index contributed by atoms with van der Waals surface area (Å²) in [6.45, 7) is 0.387. The molecule has 0 aromatic rings. The van der Waals surface area contributed by atoms with Crippen LogP contribution in [0.25, 0.3) is 0 Å². The molecular weight excluding hydrogens is 333 g/mol. The highest BCUT2D eigenvalue weighted by atomic mass is 127. The normalized spacial score (nSPS) is 17.1. The molecule has 1 rings (SSSR count). The average Bonchev–Trinajstić information content (AvgIpc) is 2.30. The van der Waals surface area contributed by atoms with E-state index in [0.717, 1.165) is 12.8 Å². The van der Waals surface area contributed by atoms with E-state index in [1.54, 1.807) is 0 Å². The summed E-state index contributed by atoms with van der Waals surface area (Å²) < 4.78 is 4.51. The van der Waals surface area contributed by atoms with Gasteiger partial charge in [-0.05, 0) is 12.8 Å². The molecule has 0 bridgehead atoms. The number of hydrogen-bond donors (Lipinski definition) is 2. The van der Waals surface area contributed by atoms with E-state index in [-0.39, 0.29) is 36.4 Å². The van der Waals surface area contributed by atoms with E-state index in [9.17, 15) is 4.79 Å². The van der Waals surface area contributed by atoms with Crippen molar-refractivity contribution in [2.75, 3.05) is 13.7 Å². The molecule has 1 aliphatic carbocycles. The zero-order valence-electron chi connectivity index (χ0n) is 10.3. The highest BCUT2D eigenvalue weighted by Crippen LogP contribution is 2.16. The maximum Gasteiger partial charge on any atom is 0.307 e. The number of carbonyl (C=O) groups is 1. The molecule has 1 fully saturated rings. The predicted octanol–water partition coefficient (Wildman–Crippen LogP) is 1.40. The lowest BCUT2D eigenvalue weighted by Gasteiger charge is -2.23. The molecule has 0 saturated heterocycles. The van der Waals surface area contributed by atoms with E-state index < -0.39 is 0 Å². The third-order valence-corrected chi connectivity index (χ3v) is 2.78. The standard InChI is InChI=1S/C11H21N3O2.HI/c1-16-10(15)7-8-13-11(12)14-9-5-3-2-4-6-9;/h9H,2-8H2,1H3,(H3,12,13,14);1H. The highest BCUT2D eigenvalue weighted by molar-refractivity contribution is 14.0. The number of nitrogens with one attached hydrogen (secondary N) is 1. The van der Waals surface area contributed by atoms with Gasteiger partial charge in [-0.3, -0.25) is 9.79 Å². The largest absolute Gasteiger partial charge is 0.469 e. The van der Waals surface area contributed by atoms with Gasteiger partial charge in [0.15, 0.2) is 5.96 Å². The minimum Gasteiger partial charge on any atom is -0.469 e. The smallest absolute Gasteiger partial charge is 0.307 e. The van der Waals surface area contributed by atoms with E-state index >= 15 is 0 Å². The average molecular weight is 355 g/mol. The third kappa shape index (κ3) is 7.40. The van der Waals surface area contributed by atoms with Gasteiger partial charge >= 0.3 is 5.97 Å². The molecule has 0 unspecified atom stereocenters. The van der Waals surface area contributed by atoms with Crippen LogP contribution in [0.3, 0.4) is 0 Å². The lowest BCUT2D eigenvalue weighted by atomic mass is 9.96. The number of esters is 1. The lowest BCUT2D eigenvalue weighted by molar-refractivity contribution is -0.140. The molecule has 0 aliphatic heterocycles. The Bertz CT molecular complexity index is 253. The van der Waals surface area contributed by atoms with Crippen molar-refractivity contribution < 1.29 is 9.53 Å². The topological polar surface area (TPSA) is 76.7 Å². The summed E-state index contributed by atoms with van der Waals surface area (Å²) in [6.07, 6.45) is 6.43. The number of guanidine groups is 1. The molecule has 17 heavy (non-hydrogen) atoms. The first-order valence-corrected chi connectivity index (χ1v) is 5.85. The van der Waals surface area contributed by atoms with Crippen LogP contribution in [-0.2, 0) is 9.53 Å². The Morgan fingerprint density at radius 1 is 1.41 bits per heavy atom. The zero-order chi connectivity index (χ0) is 11.8. The number of nitrogens with two attached hydrogens (primary N) is 1. The van der Waals surface area contributed by atoms with Gasteiger partial charge in [0, 0.05) is 6.04 Å². The van der Waals surface area contributed by atoms with Gasteiger partial charge in [0.05, 0.1) is 20.1 Å². The van der Waals surface area contributed by atoms with Crippen LogP contribution in [0.5, 0.6) is 0 Å². The maximum atomic E-state index is 10.8. The summed E-state index contributed by atoms with van der Waals surface area (Å²) >= 11 is 0. The second-order valence-electron chi connectivity index (χ2n) is 4.07. The van der Waals surface area contributed by atoms with Crippen molar-refractivity contribution in [2.45, 2.75) is 44.6 Å². The first-order chi connectivity index (χ1) is 7.72. The SMILES string of the molecule is COC(=O)CCN=C(N)NC1CCCCC1.I. The van der Waals surface area contributed by atoms with Crippen molar-refractivity contribution in [2.24, 2.45) is 10.7 Å². The molecule has 0 radical (unpaired) electrons. The van der Waals surface area contributed by atoms with Crippen LogP contribution in [0.4, 0.5) is 0 Å². The number of nitrogens with zero attached hydrogens (tertiary/aromatic N) is 1. The van der Waals surface area contributed by atoms with E-state index in [1.165, 1.54) is 26.4 Å². The van der Waals surface area contributed by atoms with Crippen molar-refractivity contribution in [3.05, 3.63) is 0 Å². The number of methoxy groups -OCH3 is 1. The van der Waals surface area contributed by atoms with Crippen LogP contribution in [0.2, 0.25) is 0 Å². The van der Waals surface area contributed by atoms with Gasteiger partial charge in [0.2, 0.25) is 0 Å². The summed E-state index contributed by atoms with van der Waals surface area (Å²) in [5.74, 6) is 0.185. The minimum atomic E-state index is -0.255. The fourth-order valence-electron chi connectivity index (χ4n) is 1.87. The Morgan fingerprint density at radius 2 is 2.06 bits per heavy atom. The quantitative estimate of drug-likeness (QED) is 0.346.